The summed E-state index contributed by atoms with van der Waals surface area (Å²) in [4.78, 5) is 20.3. The molecule has 128 valence electrons. The van der Waals surface area contributed by atoms with Crippen molar-refractivity contribution in [2.45, 2.75) is 26.0 Å². The highest BCUT2D eigenvalue weighted by atomic mass is 16.5. The third-order valence-electron chi connectivity index (χ3n) is 4.35. The normalized spacial score (nSPS) is 19.7. The molecule has 1 aliphatic heterocycles. The zero-order valence-electron chi connectivity index (χ0n) is 14.1. The number of aromatic amines is 1. The van der Waals surface area contributed by atoms with Crippen LogP contribution in [-0.2, 0) is 9.53 Å². The van der Waals surface area contributed by atoms with Gasteiger partial charge in [0.1, 0.15) is 18.3 Å². The van der Waals surface area contributed by atoms with Gasteiger partial charge in [0.05, 0.1) is 6.10 Å². The molecular weight excluding hydrogens is 318 g/mol. The number of hydrogen-bond donors (Lipinski definition) is 2. The first-order chi connectivity index (χ1) is 12.1. The first-order valence-electron chi connectivity index (χ1n) is 8.18. The topological polar surface area (TPSA) is 84.8 Å². The van der Waals surface area contributed by atoms with E-state index in [1.807, 2.05) is 44.3 Å². The van der Waals surface area contributed by atoms with E-state index in [2.05, 4.69) is 27.0 Å². The van der Waals surface area contributed by atoms with Gasteiger partial charge < -0.3 is 15.0 Å². The molecule has 0 amide bonds. The molecule has 2 aromatic heterocycles. The Hall–Kier alpha value is -3.09. The van der Waals surface area contributed by atoms with Gasteiger partial charge in [-0.25, -0.2) is 4.68 Å². The van der Waals surface area contributed by atoms with Crippen LogP contribution in [0.4, 0.5) is 5.95 Å². The first-order valence-corrected chi connectivity index (χ1v) is 8.18. The van der Waals surface area contributed by atoms with Crippen LogP contribution in [0.2, 0.25) is 0 Å². The number of rotatable bonds is 3. The predicted octanol–water partition coefficient (Wildman–Crippen LogP) is 2.86. The van der Waals surface area contributed by atoms with Crippen LogP contribution in [0.5, 0.6) is 0 Å². The number of aromatic nitrogens is 4. The maximum absolute atomic E-state index is 12.8. The summed E-state index contributed by atoms with van der Waals surface area (Å²) in [6.07, 6.45) is 3.17. The molecule has 3 heterocycles. The summed E-state index contributed by atoms with van der Waals surface area (Å²) in [5.74, 6) is -0.367. The van der Waals surface area contributed by atoms with Crippen molar-refractivity contribution in [1.82, 2.24) is 19.7 Å². The summed E-state index contributed by atoms with van der Waals surface area (Å²) in [6.45, 7) is 7.70. The summed E-state index contributed by atoms with van der Waals surface area (Å²) in [7, 11) is 0. The van der Waals surface area contributed by atoms with Gasteiger partial charge in [0, 0.05) is 28.4 Å². The lowest BCUT2D eigenvalue weighted by atomic mass is 9.89. The molecule has 1 aliphatic rings. The number of benzene rings is 1. The molecule has 2 N–H and O–H groups in total. The Morgan fingerprint density at radius 3 is 2.96 bits per heavy atom. The molecule has 0 aliphatic carbocycles. The Kier molecular flexibility index (Phi) is 3.56. The summed E-state index contributed by atoms with van der Waals surface area (Å²) in [6, 6.07) is 7.58. The molecule has 4 rings (SSSR count). The summed E-state index contributed by atoms with van der Waals surface area (Å²) < 4.78 is 7.20. The van der Waals surface area contributed by atoms with Crippen molar-refractivity contribution in [3.8, 4) is 0 Å². The van der Waals surface area contributed by atoms with Crippen LogP contribution >= 0.6 is 0 Å². The highest BCUT2D eigenvalue weighted by Crippen LogP contribution is 2.40. The van der Waals surface area contributed by atoms with E-state index in [0.717, 1.165) is 16.5 Å². The number of para-hydroxylation sites is 1. The van der Waals surface area contributed by atoms with Gasteiger partial charge in [0.15, 0.2) is 0 Å². The van der Waals surface area contributed by atoms with Crippen molar-refractivity contribution in [2.75, 3.05) is 5.32 Å². The van der Waals surface area contributed by atoms with Gasteiger partial charge in [-0.2, -0.15) is 10.1 Å². The molecule has 1 aromatic carbocycles. The molecule has 0 radical (unpaired) electrons. The van der Waals surface area contributed by atoms with Crippen LogP contribution in [-0.4, -0.2) is 31.8 Å². The smallest absolute Gasteiger partial charge is 0.317 e. The summed E-state index contributed by atoms with van der Waals surface area (Å²) >= 11 is 0. The molecule has 0 spiro atoms. The van der Waals surface area contributed by atoms with E-state index in [9.17, 15) is 4.79 Å². The monoisotopic (exact) mass is 337 g/mol. The maximum atomic E-state index is 12.8. The second-order valence-electron chi connectivity index (χ2n) is 6.38. The quantitative estimate of drug-likeness (QED) is 0.718. The van der Waals surface area contributed by atoms with Crippen LogP contribution in [0.15, 0.2) is 49.1 Å². The van der Waals surface area contributed by atoms with E-state index in [-0.39, 0.29) is 18.1 Å². The van der Waals surface area contributed by atoms with Gasteiger partial charge >= 0.3 is 5.97 Å². The molecule has 25 heavy (non-hydrogen) atoms. The molecule has 0 saturated heterocycles. The van der Waals surface area contributed by atoms with E-state index in [4.69, 9.17) is 4.74 Å². The second-order valence-corrected chi connectivity index (χ2v) is 6.38. The van der Waals surface area contributed by atoms with E-state index in [1.54, 1.807) is 4.68 Å². The molecule has 0 bridgehead atoms. The van der Waals surface area contributed by atoms with Gasteiger partial charge in [0.25, 0.3) is 0 Å². The summed E-state index contributed by atoms with van der Waals surface area (Å²) in [5.41, 5.74) is 2.51. The number of nitrogens with zero attached hydrogens (tertiary/aromatic N) is 3. The van der Waals surface area contributed by atoms with Crippen LogP contribution in [0.1, 0.15) is 25.5 Å². The van der Waals surface area contributed by atoms with Crippen molar-refractivity contribution in [3.63, 3.8) is 0 Å². The largest absolute Gasteiger partial charge is 0.462 e. The van der Waals surface area contributed by atoms with Crippen molar-refractivity contribution in [2.24, 2.45) is 5.92 Å². The SMILES string of the molecule is C=C1Nc2ncnn2C(c2c[nH]c3ccccc23)C1C(=O)OC(C)C. The molecule has 7 nitrogen and oxygen atoms in total. The van der Waals surface area contributed by atoms with Gasteiger partial charge in [0.2, 0.25) is 5.95 Å². The number of H-pyrrole nitrogens is 1. The average molecular weight is 337 g/mol. The second kappa shape index (κ2) is 5.77. The lowest BCUT2D eigenvalue weighted by Gasteiger charge is -2.33. The lowest BCUT2D eigenvalue weighted by Crippen LogP contribution is -2.38. The van der Waals surface area contributed by atoms with Gasteiger partial charge in [-0.15, -0.1) is 0 Å². The van der Waals surface area contributed by atoms with Crippen LogP contribution in [0, 0.1) is 5.92 Å². The van der Waals surface area contributed by atoms with Crippen molar-refractivity contribution in [3.05, 3.63) is 54.6 Å². The van der Waals surface area contributed by atoms with E-state index in [0.29, 0.717) is 11.6 Å². The standard InChI is InChI=1S/C18H19N5O2/c1-10(2)25-17(24)15-11(3)22-18-20-9-21-23(18)16(15)13-8-19-14-7-5-4-6-12(13)14/h4-10,15-16,19H,3H2,1-2H3,(H,20,21,22). The highest BCUT2D eigenvalue weighted by Gasteiger charge is 2.41. The molecule has 2 atom stereocenters. The molecule has 3 aromatic rings. The Morgan fingerprint density at radius 2 is 2.16 bits per heavy atom. The van der Waals surface area contributed by atoms with Crippen molar-refractivity contribution >= 4 is 22.8 Å². The Balaban J connectivity index is 1.88. The molecule has 0 fully saturated rings. The first kappa shape index (κ1) is 15.4. The predicted molar refractivity (Wildman–Crippen MR) is 93.9 cm³/mol. The van der Waals surface area contributed by atoms with Crippen LogP contribution in [0.25, 0.3) is 10.9 Å². The Morgan fingerprint density at radius 1 is 1.36 bits per heavy atom. The van der Waals surface area contributed by atoms with Crippen molar-refractivity contribution < 1.29 is 9.53 Å². The number of ether oxygens (including phenoxy) is 1. The number of fused-ring (bicyclic) bond motifs is 2. The minimum absolute atomic E-state index is 0.207. The minimum atomic E-state index is -0.601. The van der Waals surface area contributed by atoms with Gasteiger partial charge in [-0.3, -0.25) is 4.79 Å². The average Bonchev–Trinajstić information content (AvgIpc) is 3.19. The number of nitrogens with one attached hydrogen (secondary N) is 2. The molecular formula is C18H19N5O2. The highest BCUT2D eigenvalue weighted by molar-refractivity contribution is 5.86. The maximum Gasteiger partial charge on any atom is 0.317 e. The molecule has 7 heteroatoms. The fourth-order valence-electron chi connectivity index (χ4n) is 3.32. The zero-order chi connectivity index (χ0) is 17.6. The summed E-state index contributed by atoms with van der Waals surface area (Å²) in [5, 5.41) is 8.43. The van der Waals surface area contributed by atoms with E-state index >= 15 is 0 Å². The molecule has 2 unspecified atom stereocenters. The minimum Gasteiger partial charge on any atom is -0.462 e. The molecule has 0 saturated carbocycles. The van der Waals surface area contributed by atoms with E-state index in [1.165, 1.54) is 6.33 Å². The third-order valence-corrected chi connectivity index (χ3v) is 4.35. The van der Waals surface area contributed by atoms with Gasteiger partial charge in [-0.1, -0.05) is 24.8 Å². The third kappa shape index (κ3) is 2.48. The van der Waals surface area contributed by atoms with Crippen LogP contribution < -0.4 is 5.32 Å². The Bertz CT molecular complexity index is 955. The fraction of sp³-hybridized carbons (Fsp3) is 0.278. The van der Waals surface area contributed by atoms with Crippen molar-refractivity contribution in [1.29, 1.82) is 0 Å². The number of anilines is 1. The zero-order valence-corrected chi connectivity index (χ0v) is 14.1. The van der Waals surface area contributed by atoms with Crippen LogP contribution in [0.3, 0.4) is 0 Å². The lowest BCUT2D eigenvalue weighted by molar-refractivity contribution is -0.152. The number of carbonyl (C=O) groups is 1. The number of hydrogen-bond acceptors (Lipinski definition) is 5. The van der Waals surface area contributed by atoms with E-state index < -0.39 is 5.92 Å². The van der Waals surface area contributed by atoms with Gasteiger partial charge in [-0.05, 0) is 19.9 Å². The Labute approximate surface area is 144 Å². The number of esters is 1. The number of carbonyl (C=O) groups excluding carboxylic acids is 1. The fourth-order valence-corrected chi connectivity index (χ4v) is 3.32.